The Morgan fingerprint density at radius 3 is 2.17 bits per heavy atom. The minimum atomic E-state index is 0.645. The predicted octanol–water partition coefficient (Wildman–Crippen LogP) is 4.29. The maximum absolute atomic E-state index is 5.60. The molecular weight excluding hydrogens is 244 g/mol. The van der Waals surface area contributed by atoms with E-state index in [0.29, 0.717) is 12.5 Å². The first-order valence-corrected chi connectivity index (χ1v) is 6.73. The standard InChI is InChI=1S/C16H17ClO/c17-11-4-12-18-16-9-7-15(8-10-16)13-14-5-2-1-3-6-14/h1-3,5-10H,4,11-13H2. The van der Waals surface area contributed by atoms with Crippen molar-refractivity contribution < 1.29 is 4.74 Å². The van der Waals surface area contributed by atoms with Crippen LogP contribution in [0.1, 0.15) is 17.5 Å². The Kier molecular flexibility index (Phi) is 5.10. The van der Waals surface area contributed by atoms with Crippen molar-refractivity contribution >= 4 is 11.6 Å². The zero-order valence-electron chi connectivity index (χ0n) is 10.3. The molecule has 0 aliphatic carbocycles. The van der Waals surface area contributed by atoms with Gasteiger partial charge in [0.2, 0.25) is 0 Å². The molecule has 0 aromatic heterocycles. The summed E-state index contributed by atoms with van der Waals surface area (Å²) in [7, 11) is 0. The molecule has 0 atom stereocenters. The fourth-order valence-electron chi connectivity index (χ4n) is 1.78. The lowest BCUT2D eigenvalue weighted by Gasteiger charge is -2.06. The maximum Gasteiger partial charge on any atom is 0.119 e. The molecule has 2 rings (SSSR count). The Hall–Kier alpha value is -1.47. The van der Waals surface area contributed by atoms with Crippen LogP contribution in [0.5, 0.6) is 5.75 Å². The third-order valence-electron chi connectivity index (χ3n) is 2.72. The van der Waals surface area contributed by atoms with Gasteiger partial charge in [-0.2, -0.15) is 0 Å². The lowest BCUT2D eigenvalue weighted by molar-refractivity contribution is 0.318. The number of rotatable bonds is 6. The fraction of sp³-hybridized carbons (Fsp3) is 0.250. The average molecular weight is 261 g/mol. The van der Waals surface area contributed by atoms with Gasteiger partial charge in [0.25, 0.3) is 0 Å². The van der Waals surface area contributed by atoms with Crippen LogP contribution in [0.15, 0.2) is 54.6 Å². The summed E-state index contributed by atoms with van der Waals surface area (Å²) < 4.78 is 5.57. The zero-order chi connectivity index (χ0) is 12.6. The van der Waals surface area contributed by atoms with Crippen molar-refractivity contribution in [2.24, 2.45) is 0 Å². The highest BCUT2D eigenvalue weighted by Crippen LogP contribution is 2.15. The first kappa shape index (κ1) is 13.0. The van der Waals surface area contributed by atoms with Crippen LogP contribution in [0.4, 0.5) is 0 Å². The number of hydrogen-bond donors (Lipinski definition) is 0. The highest BCUT2D eigenvalue weighted by atomic mass is 35.5. The molecule has 0 unspecified atom stereocenters. The van der Waals surface area contributed by atoms with E-state index < -0.39 is 0 Å². The summed E-state index contributed by atoms with van der Waals surface area (Å²) in [6.45, 7) is 0.682. The fourth-order valence-corrected chi connectivity index (χ4v) is 1.89. The van der Waals surface area contributed by atoms with E-state index in [2.05, 4.69) is 36.4 Å². The summed E-state index contributed by atoms with van der Waals surface area (Å²) in [5, 5.41) is 0. The Bertz CT molecular complexity index is 450. The van der Waals surface area contributed by atoms with Gasteiger partial charge in [-0.25, -0.2) is 0 Å². The number of halogens is 1. The van der Waals surface area contributed by atoms with Gasteiger partial charge in [0.1, 0.15) is 5.75 Å². The summed E-state index contributed by atoms with van der Waals surface area (Å²) in [4.78, 5) is 0. The smallest absolute Gasteiger partial charge is 0.119 e. The van der Waals surface area contributed by atoms with Crippen LogP contribution >= 0.6 is 11.6 Å². The monoisotopic (exact) mass is 260 g/mol. The molecule has 0 N–H and O–H groups in total. The van der Waals surface area contributed by atoms with Crippen LogP contribution in [0, 0.1) is 0 Å². The number of ether oxygens (including phenoxy) is 1. The SMILES string of the molecule is ClCCCOc1ccc(Cc2ccccc2)cc1. The normalized spacial score (nSPS) is 10.3. The molecule has 2 heteroatoms. The van der Waals surface area contributed by atoms with Gasteiger partial charge >= 0.3 is 0 Å². The minimum absolute atomic E-state index is 0.645. The summed E-state index contributed by atoms with van der Waals surface area (Å²) in [5.74, 6) is 1.56. The first-order valence-electron chi connectivity index (χ1n) is 6.20. The summed E-state index contributed by atoms with van der Waals surface area (Å²) in [6.07, 6.45) is 1.84. The Balaban J connectivity index is 1.91. The van der Waals surface area contributed by atoms with E-state index in [4.69, 9.17) is 16.3 Å². The van der Waals surface area contributed by atoms with E-state index >= 15 is 0 Å². The van der Waals surface area contributed by atoms with Crippen LogP contribution in [-0.2, 0) is 6.42 Å². The van der Waals surface area contributed by atoms with Gasteiger partial charge in [-0.1, -0.05) is 42.5 Å². The number of benzene rings is 2. The lowest BCUT2D eigenvalue weighted by Crippen LogP contribution is -1.97. The second-order valence-corrected chi connectivity index (χ2v) is 4.58. The van der Waals surface area contributed by atoms with Gasteiger partial charge in [0.05, 0.1) is 6.61 Å². The van der Waals surface area contributed by atoms with E-state index in [1.165, 1.54) is 11.1 Å². The molecule has 0 spiro atoms. The van der Waals surface area contributed by atoms with Gasteiger partial charge in [-0.05, 0) is 36.1 Å². The average Bonchev–Trinajstić information content (AvgIpc) is 2.42. The first-order chi connectivity index (χ1) is 8.88. The van der Waals surface area contributed by atoms with E-state index in [1.54, 1.807) is 0 Å². The van der Waals surface area contributed by atoms with Gasteiger partial charge in [0, 0.05) is 5.88 Å². The summed E-state index contributed by atoms with van der Waals surface area (Å²) in [6, 6.07) is 18.7. The number of hydrogen-bond acceptors (Lipinski definition) is 1. The molecule has 0 radical (unpaired) electrons. The predicted molar refractivity (Wildman–Crippen MR) is 76.5 cm³/mol. The quantitative estimate of drug-likeness (QED) is 0.556. The highest BCUT2D eigenvalue weighted by molar-refractivity contribution is 6.17. The summed E-state index contributed by atoms with van der Waals surface area (Å²) >= 11 is 5.60. The van der Waals surface area contributed by atoms with Gasteiger partial charge in [-0.3, -0.25) is 0 Å². The Labute approximate surface area is 113 Å². The second-order valence-electron chi connectivity index (χ2n) is 4.20. The van der Waals surface area contributed by atoms with Gasteiger partial charge in [0.15, 0.2) is 0 Å². The topological polar surface area (TPSA) is 9.23 Å². The molecule has 0 heterocycles. The largest absolute Gasteiger partial charge is 0.494 e. The molecule has 0 saturated carbocycles. The van der Waals surface area contributed by atoms with E-state index in [0.717, 1.165) is 18.6 Å². The molecule has 18 heavy (non-hydrogen) atoms. The van der Waals surface area contributed by atoms with Crippen molar-refractivity contribution in [3.63, 3.8) is 0 Å². The van der Waals surface area contributed by atoms with Crippen molar-refractivity contribution in [3.8, 4) is 5.75 Å². The summed E-state index contributed by atoms with van der Waals surface area (Å²) in [5.41, 5.74) is 2.62. The van der Waals surface area contributed by atoms with E-state index in [-0.39, 0.29) is 0 Å². The van der Waals surface area contributed by atoms with Gasteiger partial charge < -0.3 is 4.74 Å². The van der Waals surface area contributed by atoms with Crippen molar-refractivity contribution in [2.75, 3.05) is 12.5 Å². The van der Waals surface area contributed by atoms with Crippen LogP contribution < -0.4 is 4.74 Å². The lowest BCUT2D eigenvalue weighted by atomic mass is 10.1. The molecule has 0 aliphatic heterocycles. The van der Waals surface area contributed by atoms with E-state index in [9.17, 15) is 0 Å². The maximum atomic E-state index is 5.60. The highest BCUT2D eigenvalue weighted by Gasteiger charge is 1.97. The van der Waals surface area contributed by atoms with Crippen LogP contribution in [0.3, 0.4) is 0 Å². The van der Waals surface area contributed by atoms with E-state index in [1.807, 2.05) is 18.2 Å². The third-order valence-corrected chi connectivity index (χ3v) is 2.99. The number of alkyl halides is 1. The minimum Gasteiger partial charge on any atom is -0.494 e. The second kappa shape index (κ2) is 7.07. The molecule has 2 aromatic carbocycles. The third kappa shape index (κ3) is 4.08. The Morgan fingerprint density at radius 1 is 0.833 bits per heavy atom. The molecule has 94 valence electrons. The van der Waals surface area contributed by atoms with Crippen molar-refractivity contribution in [3.05, 3.63) is 65.7 Å². The molecule has 1 nitrogen and oxygen atoms in total. The van der Waals surface area contributed by atoms with Gasteiger partial charge in [-0.15, -0.1) is 11.6 Å². The van der Waals surface area contributed by atoms with Crippen LogP contribution in [0.25, 0.3) is 0 Å². The van der Waals surface area contributed by atoms with Crippen LogP contribution in [0.2, 0.25) is 0 Å². The van der Waals surface area contributed by atoms with Crippen molar-refractivity contribution in [2.45, 2.75) is 12.8 Å². The van der Waals surface area contributed by atoms with Crippen molar-refractivity contribution in [1.29, 1.82) is 0 Å². The molecular formula is C16H17ClO. The molecule has 0 aliphatic rings. The zero-order valence-corrected chi connectivity index (χ0v) is 11.1. The van der Waals surface area contributed by atoms with Crippen LogP contribution in [-0.4, -0.2) is 12.5 Å². The molecule has 0 amide bonds. The molecule has 0 saturated heterocycles. The van der Waals surface area contributed by atoms with Crippen molar-refractivity contribution in [1.82, 2.24) is 0 Å². The molecule has 0 bridgehead atoms. The molecule has 2 aromatic rings. The Morgan fingerprint density at radius 2 is 1.50 bits per heavy atom. The molecule has 0 fully saturated rings.